The maximum absolute atomic E-state index is 12.6. The van der Waals surface area contributed by atoms with Gasteiger partial charge in [-0.15, -0.1) is 0 Å². The van der Waals surface area contributed by atoms with Crippen LogP contribution < -0.4 is 9.47 Å². The van der Waals surface area contributed by atoms with Gasteiger partial charge < -0.3 is 18.9 Å². The number of rotatable bonds is 8. The second-order valence-corrected chi connectivity index (χ2v) is 8.91. The van der Waals surface area contributed by atoms with E-state index in [0.29, 0.717) is 23.5 Å². The molecule has 2 aromatic rings. The van der Waals surface area contributed by atoms with Gasteiger partial charge in [0.15, 0.2) is 12.2 Å². The van der Waals surface area contributed by atoms with E-state index in [-0.39, 0.29) is 11.6 Å². The van der Waals surface area contributed by atoms with E-state index in [4.69, 9.17) is 14.0 Å². The molecule has 1 aromatic carbocycles. The normalized spacial score (nSPS) is 19.7. The molecule has 5 nitrogen and oxygen atoms in total. The van der Waals surface area contributed by atoms with Gasteiger partial charge in [0, 0.05) is 0 Å². The van der Waals surface area contributed by atoms with E-state index >= 15 is 0 Å². The highest BCUT2D eigenvalue weighted by Gasteiger charge is 2.29. The lowest BCUT2D eigenvalue weighted by Crippen LogP contribution is -2.36. The number of ether oxygens (including phenoxy) is 2. The zero-order valence-electron chi connectivity index (χ0n) is 17.8. The molecule has 172 valence electrons. The van der Waals surface area contributed by atoms with Crippen LogP contribution in [0.25, 0.3) is 11.0 Å². The van der Waals surface area contributed by atoms with Crippen molar-refractivity contribution in [2.45, 2.75) is 57.5 Å². The highest BCUT2D eigenvalue weighted by Crippen LogP contribution is 2.35. The Labute approximate surface area is 180 Å². The first-order valence-corrected chi connectivity index (χ1v) is 11.4. The van der Waals surface area contributed by atoms with Crippen molar-refractivity contribution in [3.05, 3.63) is 18.2 Å². The zero-order chi connectivity index (χ0) is 21.7. The van der Waals surface area contributed by atoms with Crippen LogP contribution in [0.4, 0.5) is 13.2 Å². The third kappa shape index (κ3) is 6.28. The molecule has 2 fully saturated rings. The molecule has 0 bridgehead atoms. The molecule has 2 heterocycles. The van der Waals surface area contributed by atoms with Gasteiger partial charge in [-0.25, -0.2) is 0 Å². The zero-order valence-corrected chi connectivity index (χ0v) is 17.8. The first kappa shape index (κ1) is 22.2. The molecule has 0 unspecified atom stereocenters. The van der Waals surface area contributed by atoms with Gasteiger partial charge >= 0.3 is 6.18 Å². The Hall–Kier alpha value is -1.96. The van der Waals surface area contributed by atoms with E-state index in [0.717, 1.165) is 31.8 Å². The van der Waals surface area contributed by atoms with Crippen LogP contribution in [0.1, 0.15) is 51.4 Å². The molecule has 1 saturated heterocycles. The minimum Gasteiger partial charge on any atom is -0.483 e. The predicted octanol–water partition coefficient (Wildman–Crippen LogP) is 5.83. The number of alkyl halides is 3. The molecule has 4 rings (SSSR count). The van der Waals surface area contributed by atoms with Crippen LogP contribution >= 0.6 is 0 Å². The van der Waals surface area contributed by atoms with Crippen LogP contribution in [0.15, 0.2) is 22.7 Å². The topological polar surface area (TPSA) is 47.7 Å². The van der Waals surface area contributed by atoms with Gasteiger partial charge in [0.2, 0.25) is 0 Å². The number of fused-ring (bicyclic) bond motifs is 1. The molecule has 2 aliphatic rings. The molecular weight excluding hydrogens is 409 g/mol. The fourth-order valence-electron chi connectivity index (χ4n) is 4.73. The van der Waals surface area contributed by atoms with E-state index in [1.807, 2.05) is 0 Å². The van der Waals surface area contributed by atoms with Crippen molar-refractivity contribution in [3.8, 4) is 11.6 Å². The van der Waals surface area contributed by atoms with E-state index in [1.165, 1.54) is 51.1 Å². The number of hydrogen-bond acceptors (Lipinski definition) is 5. The number of aromatic nitrogens is 1. The van der Waals surface area contributed by atoms with Gasteiger partial charge in [-0.2, -0.15) is 13.2 Å². The highest BCUT2D eigenvalue weighted by atomic mass is 19.4. The van der Waals surface area contributed by atoms with Crippen LogP contribution in [0.2, 0.25) is 0 Å². The SMILES string of the molecule is FC(F)(F)COc1cccc2onc(OCC3CCN(CCC4CCCCC4)CC3)c12. The highest BCUT2D eigenvalue weighted by molar-refractivity contribution is 5.88. The second-order valence-electron chi connectivity index (χ2n) is 8.91. The first-order chi connectivity index (χ1) is 15.0. The van der Waals surface area contributed by atoms with Crippen molar-refractivity contribution < 1.29 is 27.2 Å². The Bertz CT molecular complexity index is 825. The lowest BCUT2D eigenvalue weighted by atomic mass is 9.86. The summed E-state index contributed by atoms with van der Waals surface area (Å²) in [6.45, 7) is 2.44. The molecule has 1 aliphatic carbocycles. The standard InChI is InChI=1S/C23H31F3N2O3/c24-23(25,26)16-30-19-7-4-8-20-21(19)22(27-31-20)29-15-18-10-13-28(14-11-18)12-9-17-5-2-1-3-6-17/h4,7-8,17-18H,1-3,5-6,9-16H2. The van der Waals surface area contributed by atoms with Gasteiger partial charge in [-0.05, 0) is 68.0 Å². The number of piperidine rings is 1. The van der Waals surface area contributed by atoms with E-state index in [9.17, 15) is 13.2 Å². The average molecular weight is 441 g/mol. The fourth-order valence-corrected chi connectivity index (χ4v) is 4.73. The summed E-state index contributed by atoms with van der Waals surface area (Å²) in [6.07, 6.45) is 5.98. The third-order valence-electron chi connectivity index (χ3n) is 6.56. The summed E-state index contributed by atoms with van der Waals surface area (Å²) >= 11 is 0. The molecule has 0 amide bonds. The Balaban J connectivity index is 1.26. The van der Waals surface area contributed by atoms with Gasteiger partial charge in [-0.3, -0.25) is 0 Å². The van der Waals surface area contributed by atoms with Crippen molar-refractivity contribution in [1.29, 1.82) is 0 Å². The molecular formula is C23H31F3N2O3. The number of hydrogen-bond donors (Lipinski definition) is 0. The summed E-state index contributed by atoms with van der Waals surface area (Å²) in [5, 5.41) is 4.27. The van der Waals surface area contributed by atoms with Gasteiger partial charge in [0.25, 0.3) is 5.88 Å². The maximum atomic E-state index is 12.6. The van der Waals surface area contributed by atoms with E-state index in [1.54, 1.807) is 12.1 Å². The number of halogens is 3. The Morgan fingerprint density at radius 3 is 2.52 bits per heavy atom. The average Bonchev–Trinajstić information content (AvgIpc) is 3.19. The minimum absolute atomic E-state index is 0.0728. The summed E-state index contributed by atoms with van der Waals surface area (Å²) in [6, 6.07) is 4.69. The minimum atomic E-state index is -4.41. The Morgan fingerprint density at radius 2 is 1.77 bits per heavy atom. The molecule has 1 saturated carbocycles. The smallest absolute Gasteiger partial charge is 0.422 e. The van der Waals surface area contributed by atoms with Crippen LogP contribution in [-0.4, -0.2) is 49.1 Å². The van der Waals surface area contributed by atoms with Crippen LogP contribution in [0, 0.1) is 11.8 Å². The van der Waals surface area contributed by atoms with Crippen molar-refractivity contribution in [2.75, 3.05) is 32.8 Å². The quantitative estimate of drug-likeness (QED) is 0.517. The maximum Gasteiger partial charge on any atom is 0.422 e. The molecule has 8 heteroatoms. The summed E-state index contributed by atoms with van der Waals surface area (Å²) in [5.74, 6) is 1.58. The fraction of sp³-hybridized carbons (Fsp3) is 0.696. The van der Waals surface area contributed by atoms with Crippen molar-refractivity contribution >= 4 is 11.0 Å². The summed E-state index contributed by atoms with van der Waals surface area (Å²) in [4.78, 5) is 2.56. The Morgan fingerprint density at radius 1 is 1.00 bits per heavy atom. The second kappa shape index (κ2) is 10.1. The number of nitrogens with zero attached hydrogens (tertiary/aromatic N) is 2. The van der Waals surface area contributed by atoms with E-state index in [2.05, 4.69) is 10.1 Å². The van der Waals surface area contributed by atoms with Gasteiger partial charge in [0.05, 0.1) is 6.61 Å². The molecule has 0 N–H and O–H groups in total. The van der Waals surface area contributed by atoms with Crippen LogP contribution in [-0.2, 0) is 0 Å². The molecule has 31 heavy (non-hydrogen) atoms. The molecule has 1 aliphatic heterocycles. The Kier molecular flexibility index (Phi) is 7.25. The number of likely N-dealkylation sites (tertiary alicyclic amines) is 1. The summed E-state index contributed by atoms with van der Waals surface area (Å²) < 4.78 is 53.7. The molecule has 0 radical (unpaired) electrons. The molecule has 0 spiro atoms. The molecule has 1 aromatic heterocycles. The van der Waals surface area contributed by atoms with Crippen molar-refractivity contribution in [3.63, 3.8) is 0 Å². The molecule has 0 atom stereocenters. The van der Waals surface area contributed by atoms with E-state index < -0.39 is 12.8 Å². The summed E-state index contributed by atoms with van der Waals surface area (Å²) in [7, 11) is 0. The van der Waals surface area contributed by atoms with Crippen LogP contribution in [0.5, 0.6) is 11.6 Å². The largest absolute Gasteiger partial charge is 0.483 e. The van der Waals surface area contributed by atoms with Gasteiger partial charge in [0.1, 0.15) is 11.1 Å². The van der Waals surface area contributed by atoms with Gasteiger partial charge in [-0.1, -0.05) is 38.2 Å². The number of benzene rings is 1. The lowest BCUT2D eigenvalue weighted by Gasteiger charge is -2.33. The third-order valence-corrected chi connectivity index (χ3v) is 6.56. The lowest BCUT2D eigenvalue weighted by molar-refractivity contribution is -0.153. The van der Waals surface area contributed by atoms with Crippen molar-refractivity contribution in [1.82, 2.24) is 10.1 Å². The first-order valence-electron chi connectivity index (χ1n) is 11.4. The monoisotopic (exact) mass is 440 g/mol. The summed E-state index contributed by atoms with van der Waals surface area (Å²) in [5.41, 5.74) is 0.354. The van der Waals surface area contributed by atoms with Crippen molar-refractivity contribution in [2.24, 2.45) is 11.8 Å². The van der Waals surface area contributed by atoms with Crippen LogP contribution in [0.3, 0.4) is 0 Å². The predicted molar refractivity (Wildman–Crippen MR) is 111 cm³/mol.